The van der Waals surface area contributed by atoms with Gasteiger partial charge in [-0.1, -0.05) is 18.2 Å². The normalized spacial score (nSPS) is 11.5. The number of para-hydroxylation sites is 1. The average Bonchev–Trinajstić information content (AvgIpc) is 2.89. The molecule has 0 saturated carbocycles. The second-order valence-corrected chi connectivity index (χ2v) is 5.96. The number of anilines is 1. The minimum absolute atomic E-state index is 0.0518. The fourth-order valence-electron chi connectivity index (χ4n) is 1.68. The van der Waals surface area contributed by atoms with Gasteiger partial charge >= 0.3 is 0 Å². The van der Waals surface area contributed by atoms with Crippen LogP contribution in [0.15, 0.2) is 52.0 Å². The summed E-state index contributed by atoms with van der Waals surface area (Å²) in [5, 5.41) is 2.86. The highest BCUT2D eigenvalue weighted by Crippen LogP contribution is 2.23. The van der Waals surface area contributed by atoms with Crippen LogP contribution in [0.2, 0.25) is 0 Å². The molecule has 1 heterocycles. The van der Waals surface area contributed by atoms with Crippen LogP contribution in [0.4, 0.5) is 5.69 Å². The van der Waals surface area contributed by atoms with Gasteiger partial charge in [-0.3, -0.25) is 4.31 Å². The molecule has 0 saturated heterocycles. The van der Waals surface area contributed by atoms with E-state index in [1.807, 2.05) is 6.07 Å². The van der Waals surface area contributed by atoms with E-state index in [1.165, 1.54) is 17.4 Å². The summed E-state index contributed by atoms with van der Waals surface area (Å²) in [4.78, 5) is 0. The van der Waals surface area contributed by atoms with E-state index in [1.54, 1.807) is 37.4 Å². The molecule has 1 N–H and O–H groups in total. The first kappa shape index (κ1) is 13.6. The molecular formula is C13H16N2O3S. The van der Waals surface area contributed by atoms with E-state index in [0.717, 1.165) is 0 Å². The number of benzene rings is 1. The largest absolute Gasteiger partial charge is 0.446 e. The maximum Gasteiger partial charge on any atom is 0.297 e. The number of furan rings is 1. The molecule has 0 atom stereocenters. The number of nitrogens with zero attached hydrogens (tertiary/aromatic N) is 1. The number of hydrogen-bond acceptors (Lipinski definition) is 4. The van der Waals surface area contributed by atoms with Crippen LogP contribution in [-0.2, 0) is 16.6 Å². The molecule has 0 radical (unpaired) electrons. The van der Waals surface area contributed by atoms with Crippen LogP contribution < -0.4 is 9.62 Å². The number of rotatable bonds is 5. The van der Waals surface area contributed by atoms with Crippen molar-refractivity contribution in [3.8, 4) is 0 Å². The Bertz CT molecular complexity index is 635. The Kier molecular flexibility index (Phi) is 3.92. The highest BCUT2D eigenvalue weighted by atomic mass is 32.2. The molecule has 0 aliphatic carbocycles. The van der Waals surface area contributed by atoms with E-state index in [4.69, 9.17) is 4.42 Å². The lowest BCUT2D eigenvalue weighted by atomic mass is 10.3. The molecule has 0 bridgehead atoms. The lowest BCUT2D eigenvalue weighted by Gasteiger charge is -2.17. The predicted octanol–water partition coefficient (Wildman–Crippen LogP) is 1.82. The molecule has 19 heavy (non-hydrogen) atoms. The third-order valence-corrected chi connectivity index (χ3v) is 4.38. The van der Waals surface area contributed by atoms with Crippen LogP contribution >= 0.6 is 0 Å². The second kappa shape index (κ2) is 5.46. The molecule has 2 rings (SSSR count). The molecule has 0 fully saturated rings. The van der Waals surface area contributed by atoms with Crippen LogP contribution in [0, 0.1) is 0 Å². The number of nitrogens with one attached hydrogen (secondary N) is 1. The SMILES string of the molecule is CNCc1ccc(S(=O)(=O)N(C)c2ccccc2)o1. The van der Waals surface area contributed by atoms with E-state index < -0.39 is 10.0 Å². The van der Waals surface area contributed by atoms with Gasteiger partial charge in [-0.15, -0.1) is 0 Å². The van der Waals surface area contributed by atoms with Gasteiger partial charge in [0.15, 0.2) is 0 Å². The van der Waals surface area contributed by atoms with Gasteiger partial charge in [-0.25, -0.2) is 0 Å². The summed E-state index contributed by atoms with van der Waals surface area (Å²) >= 11 is 0. The zero-order chi connectivity index (χ0) is 13.9. The Balaban J connectivity index is 2.31. The maximum absolute atomic E-state index is 12.4. The molecule has 1 aromatic heterocycles. The van der Waals surface area contributed by atoms with Gasteiger partial charge in [-0.05, 0) is 31.3 Å². The van der Waals surface area contributed by atoms with Gasteiger partial charge in [0.25, 0.3) is 10.0 Å². The maximum atomic E-state index is 12.4. The first-order chi connectivity index (χ1) is 9.05. The number of sulfonamides is 1. The van der Waals surface area contributed by atoms with Gasteiger partial charge in [-0.2, -0.15) is 8.42 Å². The summed E-state index contributed by atoms with van der Waals surface area (Å²) in [6, 6.07) is 12.0. The van der Waals surface area contributed by atoms with E-state index >= 15 is 0 Å². The third-order valence-electron chi connectivity index (χ3n) is 2.72. The Morgan fingerprint density at radius 1 is 1.16 bits per heavy atom. The predicted molar refractivity (Wildman–Crippen MR) is 73.5 cm³/mol. The first-order valence-corrected chi connectivity index (χ1v) is 7.27. The van der Waals surface area contributed by atoms with Crippen molar-refractivity contribution in [2.45, 2.75) is 11.6 Å². The number of hydrogen-bond donors (Lipinski definition) is 1. The Morgan fingerprint density at radius 2 is 1.84 bits per heavy atom. The molecule has 6 heteroatoms. The van der Waals surface area contributed by atoms with Crippen LogP contribution in [0.1, 0.15) is 5.76 Å². The molecule has 102 valence electrons. The van der Waals surface area contributed by atoms with E-state index in [-0.39, 0.29) is 5.09 Å². The minimum atomic E-state index is -3.65. The summed E-state index contributed by atoms with van der Waals surface area (Å²) in [6.07, 6.45) is 0. The molecule has 5 nitrogen and oxygen atoms in total. The highest BCUT2D eigenvalue weighted by molar-refractivity contribution is 7.92. The first-order valence-electron chi connectivity index (χ1n) is 5.83. The van der Waals surface area contributed by atoms with E-state index in [2.05, 4.69) is 5.32 Å². The van der Waals surface area contributed by atoms with Gasteiger partial charge < -0.3 is 9.73 Å². The highest BCUT2D eigenvalue weighted by Gasteiger charge is 2.24. The second-order valence-electron chi connectivity index (χ2n) is 4.06. The van der Waals surface area contributed by atoms with Gasteiger partial charge in [0.2, 0.25) is 5.09 Å². The molecule has 2 aromatic rings. The molecule has 0 aliphatic heterocycles. The lowest BCUT2D eigenvalue weighted by Crippen LogP contribution is -2.26. The van der Waals surface area contributed by atoms with Crippen LogP contribution in [0.5, 0.6) is 0 Å². The van der Waals surface area contributed by atoms with Crippen molar-refractivity contribution in [3.63, 3.8) is 0 Å². The molecule has 1 aromatic carbocycles. The van der Waals surface area contributed by atoms with E-state index in [0.29, 0.717) is 18.0 Å². The van der Waals surface area contributed by atoms with Gasteiger partial charge in [0.05, 0.1) is 12.2 Å². The Labute approximate surface area is 112 Å². The summed E-state index contributed by atoms with van der Waals surface area (Å²) in [5.41, 5.74) is 0.592. The van der Waals surface area contributed by atoms with Gasteiger partial charge in [0, 0.05) is 7.05 Å². The summed E-state index contributed by atoms with van der Waals surface area (Å²) in [7, 11) is -0.375. The topological polar surface area (TPSA) is 62.6 Å². The quantitative estimate of drug-likeness (QED) is 0.907. The molecular weight excluding hydrogens is 264 g/mol. The smallest absolute Gasteiger partial charge is 0.297 e. The van der Waals surface area contributed by atoms with Crippen LogP contribution in [0.3, 0.4) is 0 Å². The molecule has 0 unspecified atom stereocenters. The van der Waals surface area contributed by atoms with Crippen molar-refractivity contribution in [2.24, 2.45) is 0 Å². The fraction of sp³-hybridized carbons (Fsp3) is 0.231. The Morgan fingerprint density at radius 3 is 2.47 bits per heavy atom. The monoisotopic (exact) mass is 280 g/mol. The van der Waals surface area contributed by atoms with Gasteiger partial charge in [0.1, 0.15) is 5.76 Å². The zero-order valence-electron chi connectivity index (χ0n) is 10.8. The fourth-order valence-corrected chi connectivity index (χ4v) is 2.80. The van der Waals surface area contributed by atoms with Crippen molar-refractivity contribution in [3.05, 3.63) is 48.2 Å². The molecule has 0 spiro atoms. The third kappa shape index (κ3) is 2.80. The zero-order valence-corrected chi connectivity index (χ0v) is 11.6. The lowest BCUT2D eigenvalue weighted by molar-refractivity contribution is 0.407. The summed E-state index contributed by atoms with van der Waals surface area (Å²) in [6.45, 7) is 0.491. The van der Waals surface area contributed by atoms with Crippen molar-refractivity contribution in [1.29, 1.82) is 0 Å². The van der Waals surface area contributed by atoms with Crippen molar-refractivity contribution >= 4 is 15.7 Å². The van der Waals surface area contributed by atoms with Crippen molar-refractivity contribution in [2.75, 3.05) is 18.4 Å². The summed E-state index contributed by atoms with van der Waals surface area (Å²) in [5.74, 6) is 0.586. The summed E-state index contributed by atoms with van der Waals surface area (Å²) < 4.78 is 31.3. The standard InChI is InChI=1S/C13H16N2O3S/c1-14-10-12-8-9-13(18-12)19(16,17)15(2)11-6-4-3-5-7-11/h3-9,14H,10H2,1-2H3. The van der Waals surface area contributed by atoms with Crippen molar-refractivity contribution in [1.82, 2.24) is 5.32 Å². The molecule has 0 amide bonds. The van der Waals surface area contributed by atoms with E-state index in [9.17, 15) is 8.42 Å². The molecule has 0 aliphatic rings. The average molecular weight is 280 g/mol. The minimum Gasteiger partial charge on any atom is -0.446 e. The van der Waals surface area contributed by atoms with Crippen LogP contribution in [-0.4, -0.2) is 22.5 Å². The van der Waals surface area contributed by atoms with Crippen molar-refractivity contribution < 1.29 is 12.8 Å². The Hall–Kier alpha value is -1.79. The van der Waals surface area contributed by atoms with Crippen LogP contribution in [0.25, 0.3) is 0 Å².